The number of anilines is 1. The van der Waals surface area contributed by atoms with Gasteiger partial charge in [0.25, 0.3) is 0 Å². The predicted octanol–water partition coefficient (Wildman–Crippen LogP) is 3.52. The molecule has 154 valence electrons. The molecule has 0 aliphatic rings. The summed E-state index contributed by atoms with van der Waals surface area (Å²) in [5, 5.41) is 3.06. The Morgan fingerprint density at radius 1 is 1.03 bits per heavy atom. The Morgan fingerprint density at radius 2 is 1.70 bits per heavy atom. The Bertz CT molecular complexity index is 994. The molecule has 30 heavy (non-hydrogen) atoms. The fourth-order valence-corrected chi connectivity index (χ4v) is 2.97. The lowest BCUT2D eigenvalue weighted by Crippen LogP contribution is -2.34. The van der Waals surface area contributed by atoms with E-state index < -0.39 is 18.0 Å². The quantitative estimate of drug-likeness (QED) is 0.574. The number of hydrogen-bond donors (Lipinski definition) is 1. The zero-order valence-corrected chi connectivity index (χ0v) is 16.9. The number of carbonyl (C=O) groups is 2. The van der Waals surface area contributed by atoms with Crippen molar-refractivity contribution >= 4 is 17.9 Å². The minimum Gasteiger partial charge on any atom is -0.465 e. The van der Waals surface area contributed by atoms with Crippen LogP contribution in [0.25, 0.3) is 11.3 Å². The monoisotopic (exact) mass is 405 g/mol. The number of benzene rings is 2. The molecule has 1 aromatic heterocycles. The Morgan fingerprint density at radius 3 is 2.33 bits per heavy atom. The van der Waals surface area contributed by atoms with E-state index in [1.54, 1.807) is 6.92 Å². The van der Waals surface area contributed by atoms with Crippen molar-refractivity contribution in [3.8, 4) is 11.3 Å². The molecule has 1 atom stereocenters. The van der Waals surface area contributed by atoms with Crippen LogP contribution in [0.2, 0.25) is 0 Å². The van der Waals surface area contributed by atoms with Crippen molar-refractivity contribution < 1.29 is 19.1 Å². The number of rotatable bonds is 8. The number of nitrogens with one attached hydrogen (secondary N) is 1. The largest absolute Gasteiger partial charge is 0.465 e. The van der Waals surface area contributed by atoms with Crippen molar-refractivity contribution in [1.29, 1.82) is 0 Å². The molecule has 7 heteroatoms. The summed E-state index contributed by atoms with van der Waals surface area (Å²) in [5.74, 6) is -0.717. The standard InChI is InChI=1S/C23H23N3O4/c1-3-30-22(28)19(14-16-10-6-4-7-11-16)25-23-24-15-18(21(27)29-2)20(26-23)17-12-8-5-9-13-17/h4-13,15,19H,3,14H2,1-2H3,(H,24,25,26)/t19-/m0/s1. The molecule has 3 rings (SSSR count). The first-order chi connectivity index (χ1) is 14.6. The maximum atomic E-state index is 12.5. The van der Waals surface area contributed by atoms with E-state index in [-0.39, 0.29) is 18.1 Å². The summed E-state index contributed by atoms with van der Waals surface area (Å²) >= 11 is 0. The van der Waals surface area contributed by atoms with Gasteiger partial charge in [-0.25, -0.2) is 19.6 Å². The number of ether oxygens (including phenoxy) is 2. The lowest BCUT2D eigenvalue weighted by atomic mass is 10.1. The van der Waals surface area contributed by atoms with Crippen LogP contribution >= 0.6 is 0 Å². The topological polar surface area (TPSA) is 90.4 Å². The first-order valence-electron chi connectivity index (χ1n) is 9.60. The number of hydrogen-bond acceptors (Lipinski definition) is 7. The van der Waals surface area contributed by atoms with Crippen LogP contribution < -0.4 is 5.32 Å². The minimum atomic E-state index is -0.681. The summed E-state index contributed by atoms with van der Waals surface area (Å²) in [5.41, 5.74) is 2.36. The van der Waals surface area contributed by atoms with Gasteiger partial charge in [0, 0.05) is 18.2 Å². The van der Waals surface area contributed by atoms with E-state index in [2.05, 4.69) is 15.3 Å². The summed E-state index contributed by atoms with van der Waals surface area (Å²) in [6, 6.07) is 18.2. The fourth-order valence-electron chi connectivity index (χ4n) is 2.97. The lowest BCUT2D eigenvalue weighted by Gasteiger charge is -2.18. The van der Waals surface area contributed by atoms with Gasteiger partial charge in [-0.05, 0) is 12.5 Å². The molecule has 0 aliphatic heterocycles. The van der Waals surface area contributed by atoms with Crippen LogP contribution in [0.15, 0.2) is 66.9 Å². The Balaban J connectivity index is 1.94. The van der Waals surface area contributed by atoms with Crippen LogP contribution in [0.3, 0.4) is 0 Å². The highest BCUT2D eigenvalue weighted by atomic mass is 16.5. The number of methoxy groups -OCH3 is 1. The summed E-state index contributed by atoms with van der Waals surface area (Å²) in [6.07, 6.45) is 1.80. The summed E-state index contributed by atoms with van der Waals surface area (Å²) < 4.78 is 10.1. The van der Waals surface area contributed by atoms with Gasteiger partial charge in [-0.1, -0.05) is 60.7 Å². The molecule has 0 aliphatic carbocycles. The molecule has 0 radical (unpaired) electrons. The van der Waals surface area contributed by atoms with E-state index >= 15 is 0 Å². The van der Waals surface area contributed by atoms with Crippen molar-refractivity contribution in [2.24, 2.45) is 0 Å². The SMILES string of the molecule is CCOC(=O)[C@H](Cc1ccccc1)Nc1ncc(C(=O)OC)c(-c2ccccc2)n1. The van der Waals surface area contributed by atoms with Crippen LogP contribution in [0.1, 0.15) is 22.8 Å². The molecule has 0 saturated heterocycles. The minimum absolute atomic E-state index is 0.218. The van der Waals surface area contributed by atoms with Crippen LogP contribution in [0, 0.1) is 0 Å². The average molecular weight is 405 g/mol. The summed E-state index contributed by atoms with van der Waals surface area (Å²) in [4.78, 5) is 33.4. The third-order valence-electron chi connectivity index (χ3n) is 4.40. The van der Waals surface area contributed by atoms with Gasteiger partial charge in [-0.15, -0.1) is 0 Å². The van der Waals surface area contributed by atoms with Crippen molar-refractivity contribution in [2.45, 2.75) is 19.4 Å². The molecule has 0 amide bonds. The molecule has 2 aromatic carbocycles. The smallest absolute Gasteiger partial charge is 0.341 e. The predicted molar refractivity (Wildman–Crippen MR) is 113 cm³/mol. The number of carbonyl (C=O) groups excluding carboxylic acids is 2. The molecule has 0 saturated carbocycles. The van der Waals surface area contributed by atoms with Gasteiger partial charge in [-0.3, -0.25) is 0 Å². The van der Waals surface area contributed by atoms with Gasteiger partial charge in [0.15, 0.2) is 0 Å². The highest BCUT2D eigenvalue weighted by molar-refractivity contribution is 5.96. The molecular weight excluding hydrogens is 382 g/mol. The third-order valence-corrected chi connectivity index (χ3v) is 4.40. The van der Waals surface area contributed by atoms with Crippen LogP contribution in [-0.4, -0.2) is 41.7 Å². The van der Waals surface area contributed by atoms with Crippen LogP contribution in [0.4, 0.5) is 5.95 Å². The zero-order valence-electron chi connectivity index (χ0n) is 16.9. The van der Waals surface area contributed by atoms with Crippen LogP contribution in [0.5, 0.6) is 0 Å². The number of esters is 2. The van der Waals surface area contributed by atoms with Crippen molar-refractivity contribution in [1.82, 2.24) is 9.97 Å². The Kier molecular flexibility index (Phi) is 7.10. The summed E-state index contributed by atoms with van der Waals surface area (Å²) in [6.45, 7) is 2.02. The van der Waals surface area contributed by atoms with E-state index in [4.69, 9.17) is 9.47 Å². The lowest BCUT2D eigenvalue weighted by molar-refractivity contribution is -0.144. The highest BCUT2D eigenvalue weighted by Crippen LogP contribution is 2.23. The maximum absolute atomic E-state index is 12.5. The molecular formula is C23H23N3O4. The second-order valence-corrected chi connectivity index (χ2v) is 6.45. The third kappa shape index (κ3) is 5.20. The van der Waals surface area contributed by atoms with Gasteiger partial charge >= 0.3 is 11.9 Å². The molecule has 0 unspecified atom stereocenters. The van der Waals surface area contributed by atoms with Gasteiger partial charge in [-0.2, -0.15) is 0 Å². The van der Waals surface area contributed by atoms with Crippen molar-refractivity contribution in [3.05, 3.63) is 78.0 Å². The van der Waals surface area contributed by atoms with E-state index in [0.717, 1.165) is 11.1 Å². The first-order valence-corrected chi connectivity index (χ1v) is 9.60. The molecule has 3 aromatic rings. The van der Waals surface area contributed by atoms with Gasteiger partial charge in [0.2, 0.25) is 5.95 Å². The molecule has 0 bridgehead atoms. The van der Waals surface area contributed by atoms with Crippen molar-refractivity contribution in [2.75, 3.05) is 19.0 Å². The van der Waals surface area contributed by atoms with Gasteiger partial charge in [0.1, 0.15) is 11.6 Å². The zero-order chi connectivity index (χ0) is 21.3. The highest BCUT2D eigenvalue weighted by Gasteiger charge is 2.23. The Hall–Kier alpha value is -3.74. The Labute approximate surface area is 175 Å². The fraction of sp³-hybridized carbons (Fsp3) is 0.217. The summed E-state index contributed by atoms with van der Waals surface area (Å²) in [7, 11) is 1.31. The molecule has 7 nitrogen and oxygen atoms in total. The number of nitrogens with zero attached hydrogens (tertiary/aromatic N) is 2. The normalized spacial score (nSPS) is 11.4. The average Bonchev–Trinajstić information content (AvgIpc) is 2.79. The number of aromatic nitrogens is 2. The van der Waals surface area contributed by atoms with Gasteiger partial charge in [0.05, 0.1) is 19.4 Å². The van der Waals surface area contributed by atoms with E-state index in [1.165, 1.54) is 13.3 Å². The second kappa shape index (κ2) is 10.2. The molecule has 0 fully saturated rings. The van der Waals surface area contributed by atoms with Crippen LogP contribution in [-0.2, 0) is 20.7 Å². The second-order valence-electron chi connectivity index (χ2n) is 6.45. The first kappa shape index (κ1) is 21.0. The van der Waals surface area contributed by atoms with E-state index in [0.29, 0.717) is 12.1 Å². The van der Waals surface area contributed by atoms with E-state index in [1.807, 2.05) is 60.7 Å². The van der Waals surface area contributed by atoms with Gasteiger partial charge < -0.3 is 14.8 Å². The van der Waals surface area contributed by atoms with E-state index in [9.17, 15) is 9.59 Å². The maximum Gasteiger partial charge on any atom is 0.341 e. The van der Waals surface area contributed by atoms with Crippen molar-refractivity contribution in [3.63, 3.8) is 0 Å². The molecule has 1 N–H and O–H groups in total. The molecule has 1 heterocycles. The molecule has 0 spiro atoms.